The lowest BCUT2D eigenvalue weighted by Gasteiger charge is -2.32. The maximum absolute atomic E-state index is 11.6. The summed E-state index contributed by atoms with van der Waals surface area (Å²) in [7, 11) is 0. The maximum Gasteiger partial charge on any atom is 0.335 e. The van der Waals surface area contributed by atoms with Crippen LogP contribution in [0.1, 0.15) is 24.2 Å². The van der Waals surface area contributed by atoms with Gasteiger partial charge in [0.1, 0.15) is 0 Å². The zero-order valence-electron chi connectivity index (χ0n) is 10.4. The minimum atomic E-state index is -0.959. The predicted octanol–water partition coefficient (Wildman–Crippen LogP) is 1.80. The summed E-state index contributed by atoms with van der Waals surface area (Å²) < 4.78 is 0. The molecule has 96 valence electrons. The summed E-state index contributed by atoms with van der Waals surface area (Å²) in [5.41, 5.74) is 1.69. The molecule has 1 aromatic carbocycles. The molecular formula is C13H16N2O3. The Morgan fingerprint density at radius 1 is 1.50 bits per heavy atom. The van der Waals surface area contributed by atoms with Crippen molar-refractivity contribution < 1.29 is 14.7 Å². The van der Waals surface area contributed by atoms with Crippen molar-refractivity contribution in [2.75, 3.05) is 23.3 Å². The van der Waals surface area contributed by atoms with Crippen molar-refractivity contribution in [3.05, 3.63) is 23.8 Å². The molecule has 1 heterocycles. The largest absolute Gasteiger partial charge is 0.478 e. The molecule has 5 heteroatoms. The van der Waals surface area contributed by atoms with Crippen LogP contribution in [-0.4, -0.2) is 30.1 Å². The third kappa shape index (κ3) is 2.45. The van der Waals surface area contributed by atoms with E-state index in [1.807, 2.05) is 4.90 Å². The van der Waals surface area contributed by atoms with Crippen molar-refractivity contribution >= 4 is 23.3 Å². The summed E-state index contributed by atoms with van der Waals surface area (Å²) in [4.78, 5) is 24.5. The molecule has 0 fully saturated rings. The highest BCUT2D eigenvalue weighted by Crippen LogP contribution is 2.31. The van der Waals surface area contributed by atoms with Crippen molar-refractivity contribution in [2.24, 2.45) is 5.92 Å². The molecule has 18 heavy (non-hydrogen) atoms. The monoisotopic (exact) mass is 248 g/mol. The second kappa shape index (κ2) is 4.68. The summed E-state index contributed by atoms with van der Waals surface area (Å²) in [6.45, 7) is 5.12. The van der Waals surface area contributed by atoms with Crippen molar-refractivity contribution in [2.45, 2.75) is 13.8 Å². The smallest absolute Gasteiger partial charge is 0.335 e. The van der Waals surface area contributed by atoms with E-state index in [2.05, 4.69) is 19.2 Å². The van der Waals surface area contributed by atoms with Gasteiger partial charge in [-0.15, -0.1) is 0 Å². The van der Waals surface area contributed by atoms with Crippen molar-refractivity contribution in [1.82, 2.24) is 0 Å². The van der Waals surface area contributed by atoms with Gasteiger partial charge < -0.3 is 15.3 Å². The molecule has 1 aliphatic heterocycles. The number of carboxylic acids is 1. The molecule has 1 aliphatic rings. The Kier molecular flexibility index (Phi) is 3.23. The minimum absolute atomic E-state index is 0.0637. The average Bonchev–Trinajstić information content (AvgIpc) is 2.27. The Labute approximate surface area is 105 Å². The van der Waals surface area contributed by atoms with Gasteiger partial charge in [-0.1, -0.05) is 13.8 Å². The molecule has 0 unspecified atom stereocenters. The molecule has 0 saturated heterocycles. The van der Waals surface area contributed by atoms with Gasteiger partial charge in [-0.2, -0.15) is 0 Å². The van der Waals surface area contributed by atoms with Crippen LogP contribution >= 0.6 is 0 Å². The van der Waals surface area contributed by atoms with Gasteiger partial charge in [-0.05, 0) is 24.1 Å². The zero-order valence-corrected chi connectivity index (χ0v) is 10.4. The highest BCUT2D eigenvalue weighted by atomic mass is 16.4. The van der Waals surface area contributed by atoms with Gasteiger partial charge in [0.2, 0.25) is 5.91 Å². The van der Waals surface area contributed by atoms with Gasteiger partial charge in [0.15, 0.2) is 0 Å². The van der Waals surface area contributed by atoms with E-state index in [4.69, 9.17) is 5.11 Å². The summed E-state index contributed by atoms with van der Waals surface area (Å²) in [5, 5.41) is 11.8. The number of aromatic carboxylic acids is 1. The quantitative estimate of drug-likeness (QED) is 0.855. The Bertz CT molecular complexity index is 497. The first-order valence-corrected chi connectivity index (χ1v) is 5.89. The second-order valence-electron chi connectivity index (χ2n) is 4.86. The fraction of sp³-hybridized carbons (Fsp3) is 0.385. The fourth-order valence-corrected chi connectivity index (χ4v) is 2.08. The third-order valence-electron chi connectivity index (χ3n) is 2.78. The maximum atomic E-state index is 11.6. The first-order valence-electron chi connectivity index (χ1n) is 5.89. The van der Waals surface area contributed by atoms with Crippen LogP contribution in [-0.2, 0) is 4.79 Å². The highest BCUT2D eigenvalue weighted by molar-refractivity contribution is 6.02. The van der Waals surface area contributed by atoms with E-state index in [0.717, 1.165) is 12.2 Å². The Balaban J connectivity index is 2.40. The molecule has 0 saturated carbocycles. The van der Waals surface area contributed by atoms with E-state index in [1.54, 1.807) is 12.1 Å². The minimum Gasteiger partial charge on any atom is -0.478 e. The standard InChI is InChI=1S/C13H16N2O3/c1-8(2)6-15-7-12(16)14-10-4-3-9(13(17)18)5-11(10)15/h3-5,8H,6-7H2,1-2H3,(H,14,16)(H,17,18). The van der Waals surface area contributed by atoms with Gasteiger partial charge in [-0.25, -0.2) is 4.79 Å². The van der Waals surface area contributed by atoms with Crippen LogP contribution in [0.15, 0.2) is 18.2 Å². The van der Waals surface area contributed by atoms with Crippen LogP contribution < -0.4 is 10.2 Å². The molecule has 2 N–H and O–H groups in total. The fourth-order valence-electron chi connectivity index (χ4n) is 2.08. The lowest BCUT2D eigenvalue weighted by Crippen LogP contribution is -2.40. The molecule has 0 spiro atoms. The van der Waals surface area contributed by atoms with Gasteiger partial charge in [0.25, 0.3) is 0 Å². The lowest BCUT2D eigenvalue weighted by atomic mass is 10.1. The normalized spacial score (nSPS) is 14.4. The van der Waals surface area contributed by atoms with Crippen molar-refractivity contribution in [3.8, 4) is 0 Å². The van der Waals surface area contributed by atoms with Crippen LogP contribution in [0.2, 0.25) is 0 Å². The Hall–Kier alpha value is -2.04. The van der Waals surface area contributed by atoms with E-state index in [9.17, 15) is 9.59 Å². The second-order valence-corrected chi connectivity index (χ2v) is 4.86. The Morgan fingerprint density at radius 2 is 2.22 bits per heavy atom. The predicted molar refractivity (Wildman–Crippen MR) is 69.1 cm³/mol. The highest BCUT2D eigenvalue weighted by Gasteiger charge is 2.23. The van der Waals surface area contributed by atoms with E-state index in [-0.39, 0.29) is 18.0 Å². The summed E-state index contributed by atoms with van der Waals surface area (Å²) in [6.07, 6.45) is 0. The number of anilines is 2. The molecule has 0 bridgehead atoms. The average molecular weight is 248 g/mol. The number of rotatable bonds is 3. The van der Waals surface area contributed by atoms with Crippen molar-refractivity contribution in [1.29, 1.82) is 0 Å². The zero-order chi connectivity index (χ0) is 13.3. The van der Waals surface area contributed by atoms with Crippen LogP contribution in [0, 0.1) is 5.92 Å². The molecule has 5 nitrogen and oxygen atoms in total. The van der Waals surface area contributed by atoms with Crippen LogP contribution in [0.5, 0.6) is 0 Å². The molecule has 0 radical (unpaired) electrons. The first kappa shape index (κ1) is 12.4. The number of carbonyl (C=O) groups is 2. The van der Waals surface area contributed by atoms with Gasteiger partial charge in [0.05, 0.1) is 23.5 Å². The molecule has 1 amide bonds. The van der Waals surface area contributed by atoms with E-state index < -0.39 is 5.97 Å². The molecule has 0 atom stereocenters. The van der Waals surface area contributed by atoms with Crippen LogP contribution in [0.4, 0.5) is 11.4 Å². The third-order valence-corrected chi connectivity index (χ3v) is 2.78. The van der Waals surface area contributed by atoms with E-state index in [0.29, 0.717) is 11.6 Å². The summed E-state index contributed by atoms with van der Waals surface area (Å²) in [6, 6.07) is 4.75. The Morgan fingerprint density at radius 3 is 2.83 bits per heavy atom. The summed E-state index contributed by atoms with van der Waals surface area (Å²) in [5.74, 6) is -0.623. The van der Waals surface area contributed by atoms with Gasteiger partial charge >= 0.3 is 5.97 Å². The number of carbonyl (C=O) groups excluding carboxylic acids is 1. The number of carboxylic acid groups (broad SMARTS) is 1. The summed E-state index contributed by atoms with van der Waals surface area (Å²) >= 11 is 0. The number of nitrogens with zero attached hydrogens (tertiary/aromatic N) is 1. The van der Waals surface area contributed by atoms with Crippen LogP contribution in [0.25, 0.3) is 0 Å². The van der Waals surface area contributed by atoms with Crippen LogP contribution in [0.3, 0.4) is 0 Å². The number of hydrogen-bond acceptors (Lipinski definition) is 3. The molecule has 2 rings (SSSR count). The van der Waals surface area contributed by atoms with Gasteiger partial charge in [-0.3, -0.25) is 4.79 Å². The molecule has 1 aromatic rings. The molecular weight excluding hydrogens is 232 g/mol. The topological polar surface area (TPSA) is 69.6 Å². The SMILES string of the molecule is CC(C)CN1CC(=O)Nc2ccc(C(=O)O)cc21. The number of hydrogen-bond donors (Lipinski definition) is 2. The van der Waals surface area contributed by atoms with Gasteiger partial charge in [0, 0.05) is 6.54 Å². The number of fused-ring (bicyclic) bond motifs is 1. The van der Waals surface area contributed by atoms with E-state index >= 15 is 0 Å². The number of nitrogens with one attached hydrogen (secondary N) is 1. The molecule has 0 aromatic heterocycles. The van der Waals surface area contributed by atoms with Crippen molar-refractivity contribution in [3.63, 3.8) is 0 Å². The molecule has 0 aliphatic carbocycles. The lowest BCUT2D eigenvalue weighted by molar-refractivity contribution is -0.115. The van der Waals surface area contributed by atoms with E-state index in [1.165, 1.54) is 6.07 Å². The first-order chi connectivity index (χ1) is 8.47. The number of benzene rings is 1. The number of amides is 1.